The molecule has 1 N–H and O–H groups in total. The van der Waals surface area contributed by atoms with Gasteiger partial charge in [0.15, 0.2) is 5.65 Å². The average molecular weight is 318 g/mol. The molecule has 1 aliphatic rings. The molecular formula is C15H22N6O2. The van der Waals surface area contributed by atoms with E-state index in [4.69, 9.17) is 4.74 Å². The largest absolute Gasteiger partial charge is 0.385 e. The number of hydrogen-bond acceptors (Lipinski definition) is 6. The maximum atomic E-state index is 12.1. The van der Waals surface area contributed by atoms with Crippen LogP contribution in [0.3, 0.4) is 0 Å². The molecule has 2 aromatic rings. The zero-order valence-corrected chi connectivity index (χ0v) is 13.3. The molecule has 1 saturated heterocycles. The van der Waals surface area contributed by atoms with Gasteiger partial charge < -0.3 is 15.0 Å². The molecule has 3 heterocycles. The molecule has 1 amide bonds. The molecule has 1 fully saturated rings. The Hall–Kier alpha value is -2.22. The van der Waals surface area contributed by atoms with Gasteiger partial charge in [-0.2, -0.15) is 4.52 Å². The summed E-state index contributed by atoms with van der Waals surface area (Å²) in [4.78, 5) is 14.3. The second kappa shape index (κ2) is 7.36. The van der Waals surface area contributed by atoms with Crippen LogP contribution in [0.1, 0.15) is 19.3 Å². The summed E-state index contributed by atoms with van der Waals surface area (Å²) >= 11 is 0. The minimum atomic E-state index is 0.0902. The maximum Gasteiger partial charge on any atom is 0.223 e. The Morgan fingerprint density at radius 3 is 3.00 bits per heavy atom. The number of piperidine rings is 1. The first-order chi connectivity index (χ1) is 11.3. The summed E-state index contributed by atoms with van der Waals surface area (Å²) in [5, 5.41) is 15.3. The van der Waals surface area contributed by atoms with Crippen molar-refractivity contribution in [1.82, 2.24) is 25.1 Å². The lowest BCUT2D eigenvalue weighted by atomic mass is 9.96. The van der Waals surface area contributed by atoms with Crippen LogP contribution in [0.2, 0.25) is 0 Å². The predicted octanol–water partition coefficient (Wildman–Crippen LogP) is 0.493. The zero-order valence-electron chi connectivity index (χ0n) is 13.3. The van der Waals surface area contributed by atoms with Gasteiger partial charge in [-0.25, -0.2) is 0 Å². The van der Waals surface area contributed by atoms with Crippen LogP contribution in [0.4, 0.5) is 5.82 Å². The molecule has 124 valence electrons. The first kappa shape index (κ1) is 15.7. The van der Waals surface area contributed by atoms with Crippen LogP contribution in [-0.2, 0) is 9.53 Å². The lowest BCUT2D eigenvalue weighted by Gasteiger charge is -2.32. The van der Waals surface area contributed by atoms with Crippen LogP contribution >= 0.6 is 0 Å². The van der Waals surface area contributed by atoms with E-state index < -0.39 is 0 Å². The van der Waals surface area contributed by atoms with Crippen molar-refractivity contribution < 1.29 is 9.53 Å². The number of amides is 1. The Kier molecular flexibility index (Phi) is 5.02. The molecule has 0 unspecified atom stereocenters. The molecule has 0 radical (unpaired) electrons. The van der Waals surface area contributed by atoms with Gasteiger partial charge in [-0.1, -0.05) is 0 Å². The van der Waals surface area contributed by atoms with Gasteiger partial charge >= 0.3 is 0 Å². The van der Waals surface area contributed by atoms with Gasteiger partial charge in [0.1, 0.15) is 12.1 Å². The number of carbonyl (C=O) groups is 1. The smallest absolute Gasteiger partial charge is 0.223 e. The first-order valence-electron chi connectivity index (χ1n) is 7.96. The standard InChI is InChI=1S/C15H22N6O2/c1-23-10-2-7-16-15(22)12-5-8-20(9-6-12)14-4-3-13-18-17-11-21(13)19-14/h3-4,11-12H,2,5-10H2,1H3,(H,16,22). The molecule has 0 atom stereocenters. The van der Waals surface area contributed by atoms with Crippen LogP contribution in [0.5, 0.6) is 0 Å². The van der Waals surface area contributed by atoms with Gasteiger partial charge in [0.2, 0.25) is 5.91 Å². The van der Waals surface area contributed by atoms with Crippen molar-refractivity contribution in [3.63, 3.8) is 0 Å². The predicted molar refractivity (Wildman–Crippen MR) is 85.2 cm³/mol. The Morgan fingerprint density at radius 2 is 2.22 bits per heavy atom. The van der Waals surface area contributed by atoms with Crippen LogP contribution in [0.25, 0.3) is 5.65 Å². The Balaban J connectivity index is 1.50. The highest BCUT2D eigenvalue weighted by Crippen LogP contribution is 2.22. The van der Waals surface area contributed by atoms with E-state index in [-0.39, 0.29) is 11.8 Å². The van der Waals surface area contributed by atoms with Gasteiger partial charge in [-0.15, -0.1) is 15.3 Å². The zero-order chi connectivity index (χ0) is 16.1. The molecule has 0 saturated carbocycles. The third-order valence-electron chi connectivity index (χ3n) is 4.16. The molecular weight excluding hydrogens is 296 g/mol. The lowest BCUT2D eigenvalue weighted by Crippen LogP contribution is -2.41. The SMILES string of the molecule is COCCCNC(=O)C1CCN(c2ccc3nncn3n2)CC1. The Labute approximate surface area is 134 Å². The summed E-state index contributed by atoms with van der Waals surface area (Å²) in [6, 6.07) is 3.86. The highest BCUT2D eigenvalue weighted by Gasteiger charge is 2.25. The summed E-state index contributed by atoms with van der Waals surface area (Å²) in [7, 11) is 1.67. The van der Waals surface area contributed by atoms with Crippen molar-refractivity contribution in [3.8, 4) is 0 Å². The van der Waals surface area contributed by atoms with E-state index in [1.165, 1.54) is 0 Å². The molecule has 1 aliphatic heterocycles. The van der Waals surface area contributed by atoms with Gasteiger partial charge in [0.25, 0.3) is 0 Å². The first-order valence-corrected chi connectivity index (χ1v) is 7.96. The lowest BCUT2D eigenvalue weighted by molar-refractivity contribution is -0.125. The summed E-state index contributed by atoms with van der Waals surface area (Å²) in [5.74, 6) is 1.15. The average Bonchev–Trinajstić information content (AvgIpc) is 3.06. The Bertz CT molecular complexity index is 650. The summed E-state index contributed by atoms with van der Waals surface area (Å²) < 4.78 is 6.65. The molecule has 0 bridgehead atoms. The molecule has 0 aromatic carbocycles. The van der Waals surface area contributed by atoms with Crippen molar-refractivity contribution in [2.45, 2.75) is 19.3 Å². The van der Waals surface area contributed by atoms with E-state index in [0.717, 1.165) is 43.8 Å². The van der Waals surface area contributed by atoms with Crippen molar-refractivity contribution in [2.75, 3.05) is 38.3 Å². The second-order valence-corrected chi connectivity index (χ2v) is 5.72. The number of methoxy groups -OCH3 is 1. The third-order valence-corrected chi connectivity index (χ3v) is 4.16. The second-order valence-electron chi connectivity index (χ2n) is 5.72. The normalized spacial score (nSPS) is 16.0. The van der Waals surface area contributed by atoms with E-state index in [0.29, 0.717) is 13.2 Å². The fraction of sp³-hybridized carbons (Fsp3) is 0.600. The number of nitrogens with one attached hydrogen (secondary N) is 1. The molecule has 3 rings (SSSR count). The monoisotopic (exact) mass is 318 g/mol. The molecule has 8 nitrogen and oxygen atoms in total. The highest BCUT2D eigenvalue weighted by atomic mass is 16.5. The van der Waals surface area contributed by atoms with E-state index >= 15 is 0 Å². The summed E-state index contributed by atoms with van der Waals surface area (Å²) in [6.45, 7) is 3.02. The van der Waals surface area contributed by atoms with Crippen LogP contribution in [-0.4, -0.2) is 59.1 Å². The topological polar surface area (TPSA) is 84.6 Å². The van der Waals surface area contributed by atoms with Crippen molar-refractivity contribution in [3.05, 3.63) is 18.5 Å². The fourth-order valence-corrected chi connectivity index (χ4v) is 2.83. The number of nitrogens with zero attached hydrogens (tertiary/aromatic N) is 5. The van der Waals surface area contributed by atoms with Crippen LogP contribution < -0.4 is 10.2 Å². The minimum Gasteiger partial charge on any atom is -0.385 e. The molecule has 23 heavy (non-hydrogen) atoms. The van der Waals surface area contributed by atoms with Crippen molar-refractivity contribution >= 4 is 17.4 Å². The minimum absolute atomic E-state index is 0.0902. The molecule has 8 heteroatoms. The van der Waals surface area contributed by atoms with Gasteiger partial charge in [0, 0.05) is 39.3 Å². The Morgan fingerprint density at radius 1 is 1.39 bits per heavy atom. The van der Waals surface area contributed by atoms with E-state index in [1.807, 2.05) is 12.1 Å². The van der Waals surface area contributed by atoms with Crippen molar-refractivity contribution in [1.29, 1.82) is 0 Å². The van der Waals surface area contributed by atoms with E-state index in [1.54, 1.807) is 18.0 Å². The highest BCUT2D eigenvalue weighted by molar-refractivity contribution is 5.78. The molecule has 0 spiro atoms. The van der Waals surface area contributed by atoms with Gasteiger partial charge in [0.05, 0.1) is 0 Å². The van der Waals surface area contributed by atoms with Crippen molar-refractivity contribution in [2.24, 2.45) is 5.92 Å². The van der Waals surface area contributed by atoms with Crippen LogP contribution in [0, 0.1) is 5.92 Å². The maximum absolute atomic E-state index is 12.1. The number of hydrogen-bond donors (Lipinski definition) is 1. The number of aromatic nitrogens is 4. The molecule has 0 aliphatic carbocycles. The number of carbonyl (C=O) groups excluding carboxylic acids is 1. The number of rotatable bonds is 6. The molecule has 2 aromatic heterocycles. The number of fused-ring (bicyclic) bond motifs is 1. The number of ether oxygens (including phenoxy) is 1. The quantitative estimate of drug-likeness (QED) is 0.781. The fourth-order valence-electron chi connectivity index (χ4n) is 2.83. The van der Waals surface area contributed by atoms with Gasteiger partial charge in [-0.3, -0.25) is 4.79 Å². The van der Waals surface area contributed by atoms with E-state index in [9.17, 15) is 4.79 Å². The summed E-state index contributed by atoms with van der Waals surface area (Å²) in [6.07, 6.45) is 4.14. The van der Waals surface area contributed by atoms with E-state index in [2.05, 4.69) is 25.5 Å². The third kappa shape index (κ3) is 3.76. The van der Waals surface area contributed by atoms with Gasteiger partial charge in [-0.05, 0) is 31.4 Å². The summed E-state index contributed by atoms with van der Waals surface area (Å²) in [5.41, 5.74) is 0.735. The van der Waals surface area contributed by atoms with Crippen LogP contribution in [0.15, 0.2) is 18.5 Å². The number of anilines is 1.